The minimum absolute atomic E-state index is 0.128. The van der Waals surface area contributed by atoms with Gasteiger partial charge in [0.25, 0.3) is 0 Å². The van der Waals surface area contributed by atoms with Crippen molar-refractivity contribution < 1.29 is 9.90 Å². The maximum atomic E-state index is 11.0. The van der Waals surface area contributed by atoms with Crippen LogP contribution in [0.15, 0.2) is 0 Å². The largest absolute Gasteiger partial charge is 0.481 e. The van der Waals surface area contributed by atoms with Gasteiger partial charge >= 0.3 is 5.97 Å². The van der Waals surface area contributed by atoms with Crippen molar-refractivity contribution in [3.05, 3.63) is 0 Å². The van der Waals surface area contributed by atoms with Crippen molar-refractivity contribution in [1.82, 2.24) is 0 Å². The van der Waals surface area contributed by atoms with Crippen LogP contribution in [-0.4, -0.2) is 11.1 Å². The molecular weight excluding hydrogens is 152 g/mol. The average Bonchev–Trinajstić information content (AvgIpc) is 2.38. The van der Waals surface area contributed by atoms with Crippen molar-refractivity contribution in [3.63, 3.8) is 0 Å². The summed E-state index contributed by atoms with van der Waals surface area (Å²) in [6.07, 6.45) is 1.66. The normalized spacial score (nSPS) is 34.8. The number of rotatable bonds is 2. The van der Waals surface area contributed by atoms with E-state index in [-0.39, 0.29) is 5.41 Å². The van der Waals surface area contributed by atoms with Crippen LogP contribution in [0.2, 0.25) is 0 Å². The van der Waals surface area contributed by atoms with Crippen LogP contribution in [0.1, 0.15) is 40.5 Å². The summed E-state index contributed by atoms with van der Waals surface area (Å²) in [5.41, 5.74) is -0.262. The van der Waals surface area contributed by atoms with Crippen LogP contribution in [0.4, 0.5) is 0 Å². The lowest BCUT2D eigenvalue weighted by Gasteiger charge is -2.23. The lowest BCUT2D eigenvalue weighted by molar-refractivity contribution is -0.145. The van der Waals surface area contributed by atoms with Gasteiger partial charge in [-0.2, -0.15) is 0 Å². The van der Waals surface area contributed by atoms with Gasteiger partial charge in [0.1, 0.15) is 0 Å². The lowest BCUT2D eigenvalue weighted by Crippen LogP contribution is -2.23. The zero-order valence-electron chi connectivity index (χ0n) is 8.35. The minimum atomic E-state index is -0.607. The quantitative estimate of drug-likeness (QED) is 0.691. The monoisotopic (exact) mass is 170 g/mol. The Morgan fingerprint density at radius 3 is 2.08 bits per heavy atom. The molecule has 0 aliphatic heterocycles. The van der Waals surface area contributed by atoms with Crippen molar-refractivity contribution in [2.24, 2.45) is 16.7 Å². The second-order valence-corrected chi connectivity index (χ2v) is 5.30. The molecule has 2 atom stereocenters. The van der Waals surface area contributed by atoms with Crippen molar-refractivity contribution in [2.45, 2.75) is 40.5 Å². The maximum Gasteiger partial charge on any atom is 0.309 e. The molecule has 2 nitrogen and oxygen atoms in total. The van der Waals surface area contributed by atoms with E-state index in [0.29, 0.717) is 5.92 Å². The molecule has 2 heteroatoms. The van der Waals surface area contributed by atoms with Gasteiger partial charge in [-0.05, 0) is 24.2 Å². The molecule has 1 rings (SSSR count). The fourth-order valence-electron chi connectivity index (χ4n) is 2.05. The lowest BCUT2D eigenvalue weighted by atomic mass is 9.81. The average molecular weight is 170 g/mol. The summed E-state index contributed by atoms with van der Waals surface area (Å²) in [4.78, 5) is 11.0. The number of aliphatic carboxylic acids is 1. The standard InChI is InChI=1S/C10H18O2/c1-7-5-10(7,8(11)12)6-9(2,3)4/h7H,5-6H2,1-4H3,(H,11,12). The second kappa shape index (κ2) is 2.48. The Morgan fingerprint density at radius 2 is 2.00 bits per heavy atom. The SMILES string of the molecule is CC1CC1(CC(C)(C)C)C(=O)O. The van der Waals surface area contributed by atoms with E-state index < -0.39 is 11.4 Å². The molecular formula is C10H18O2. The maximum absolute atomic E-state index is 11.0. The summed E-state index contributed by atoms with van der Waals surface area (Å²) in [6, 6.07) is 0. The molecule has 70 valence electrons. The molecule has 1 aliphatic carbocycles. The van der Waals surface area contributed by atoms with Crippen LogP contribution in [0.3, 0.4) is 0 Å². The Kier molecular flexibility index (Phi) is 1.97. The van der Waals surface area contributed by atoms with E-state index in [1.807, 2.05) is 6.92 Å². The third-order valence-corrected chi connectivity index (χ3v) is 2.73. The molecule has 0 amide bonds. The number of hydrogen-bond acceptors (Lipinski definition) is 1. The highest BCUT2D eigenvalue weighted by Crippen LogP contribution is 2.58. The highest BCUT2D eigenvalue weighted by Gasteiger charge is 2.58. The topological polar surface area (TPSA) is 37.3 Å². The summed E-state index contributed by atoms with van der Waals surface area (Å²) in [5.74, 6) is -0.237. The molecule has 0 spiro atoms. The first kappa shape index (κ1) is 9.56. The van der Waals surface area contributed by atoms with E-state index in [1.165, 1.54) is 0 Å². The molecule has 0 bridgehead atoms. The summed E-state index contributed by atoms with van der Waals surface area (Å²) in [6.45, 7) is 8.33. The summed E-state index contributed by atoms with van der Waals surface area (Å²) in [5, 5.41) is 9.04. The number of carboxylic acids is 1. The minimum Gasteiger partial charge on any atom is -0.481 e. The van der Waals surface area contributed by atoms with Gasteiger partial charge in [-0.15, -0.1) is 0 Å². The smallest absolute Gasteiger partial charge is 0.309 e. The van der Waals surface area contributed by atoms with Gasteiger partial charge in [-0.3, -0.25) is 4.79 Å². The van der Waals surface area contributed by atoms with Crippen molar-refractivity contribution in [2.75, 3.05) is 0 Å². The molecule has 1 N–H and O–H groups in total. The fraction of sp³-hybridized carbons (Fsp3) is 0.900. The van der Waals surface area contributed by atoms with Crippen LogP contribution < -0.4 is 0 Å². The van der Waals surface area contributed by atoms with Gasteiger partial charge in [0, 0.05) is 0 Å². The van der Waals surface area contributed by atoms with Crippen molar-refractivity contribution in [3.8, 4) is 0 Å². The number of hydrogen-bond donors (Lipinski definition) is 1. The van der Waals surface area contributed by atoms with Crippen LogP contribution in [0, 0.1) is 16.7 Å². The first-order chi connectivity index (χ1) is 5.28. The van der Waals surface area contributed by atoms with Crippen molar-refractivity contribution >= 4 is 5.97 Å². The van der Waals surface area contributed by atoms with Gasteiger partial charge in [-0.25, -0.2) is 0 Å². The Morgan fingerprint density at radius 1 is 1.58 bits per heavy atom. The van der Waals surface area contributed by atoms with Gasteiger partial charge in [0.05, 0.1) is 5.41 Å². The molecule has 0 heterocycles. The van der Waals surface area contributed by atoms with Crippen LogP contribution in [-0.2, 0) is 4.79 Å². The van der Waals surface area contributed by atoms with E-state index >= 15 is 0 Å². The molecule has 0 aromatic carbocycles. The molecule has 1 saturated carbocycles. The van der Waals surface area contributed by atoms with E-state index in [1.54, 1.807) is 0 Å². The first-order valence-corrected chi connectivity index (χ1v) is 4.51. The summed E-state index contributed by atoms with van der Waals surface area (Å²) < 4.78 is 0. The Labute approximate surface area is 74.0 Å². The predicted molar refractivity (Wildman–Crippen MR) is 47.9 cm³/mol. The number of carbonyl (C=O) groups is 1. The van der Waals surface area contributed by atoms with Crippen molar-refractivity contribution in [1.29, 1.82) is 0 Å². The summed E-state index contributed by atoms with van der Waals surface area (Å²) in [7, 11) is 0. The van der Waals surface area contributed by atoms with E-state index in [2.05, 4.69) is 20.8 Å². The van der Waals surface area contributed by atoms with Gasteiger partial charge in [0.2, 0.25) is 0 Å². The van der Waals surface area contributed by atoms with Crippen LogP contribution in [0.25, 0.3) is 0 Å². The van der Waals surface area contributed by atoms with E-state index in [0.717, 1.165) is 12.8 Å². The molecule has 1 aliphatic rings. The Balaban J connectivity index is 2.66. The predicted octanol–water partition coefficient (Wildman–Crippen LogP) is 2.53. The number of carboxylic acid groups (broad SMARTS) is 1. The zero-order valence-corrected chi connectivity index (χ0v) is 8.35. The molecule has 12 heavy (non-hydrogen) atoms. The van der Waals surface area contributed by atoms with E-state index in [9.17, 15) is 4.79 Å². The Hall–Kier alpha value is -0.530. The molecule has 2 unspecified atom stereocenters. The third-order valence-electron chi connectivity index (χ3n) is 2.73. The Bertz CT molecular complexity index is 202. The molecule has 0 aromatic heterocycles. The third kappa shape index (κ3) is 1.62. The van der Waals surface area contributed by atoms with E-state index in [4.69, 9.17) is 5.11 Å². The highest BCUT2D eigenvalue weighted by atomic mass is 16.4. The van der Waals surface area contributed by atoms with Crippen LogP contribution >= 0.6 is 0 Å². The molecule has 0 aromatic rings. The molecule has 0 radical (unpaired) electrons. The van der Waals surface area contributed by atoms with Crippen LogP contribution in [0.5, 0.6) is 0 Å². The summed E-state index contributed by atoms with van der Waals surface area (Å²) >= 11 is 0. The first-order valence-electron chi connectivity index (χ1n) is 4.51. The highest BCUT2D eigenvalue weighted by molar-refractivity contribution is 5.78. The second-order valence-electron chi connectivity index (χ2n) is 5.30. The van der Waals surface area contributed by atoms with Gasteiger partial charge in [-0.1, -0.05) is 27.7 Å². The van der Waals surface area contributed by atoms with Gasteiger partial charge in [0.15, 0.2) is 0 Å². The molecule has 1 fully saturated rings. The fourth-order valence-corrected chi connectivity index (χ4v) is 2.05. The van der Waals surface area contributed by atoms with Gasteiger partial charge < -0.3 is 5.11 Å². The molecule has 0 saturated heterocycles. The zero-order chi connectivity index (χ0) is 9.57.